The Morgan fingerprint density at radius 2 is 2.10 bits per heavy atom. The van der Waals surface area contributed by atoms with E-state index in [0.29, 0.717) is 10.4 Å². The molecule has 2 atom stereocenters. The molecular formula is C15H12BrFN2O. The van der Waals surface area contributed by atoms with Crippen LogP contribution in [-0.4, -0.2) is 10.9 Å². The Kier molecular flexibility index (Phi) is 3.53. The SMILES string of the molecule is O=C(Nc1cccc(Br)n1)[C@H]1C[C@H]1c1cccc(F)c1. The first-order valence-corrected chi connectivity index (χ1v) is 7.11. The number of carbonyl (C=O) groups is 1. The minimum absolute atomic E-state index is 0.0649. The maximum atomic E-state index is 13.2. The lowest BCUT2D eigenvalue weighted by Crippen LogP contribution is -2.15. The van der Waals surface area contributed by atoms with Crippen LogP contribution < -0.4 is 5.32 Å². The summed E-state index contributed by atoms with van der Waals surface area (Å²) in [5.74, 6) is 0.205. The number of rotatable bonds is 3. The summed E-state index contributed by atoms with van der Waals surface area (Å²) < 4.78 is 13.8. The van der Waals surface area contributed by atoms with Crippen molar-refractivity contribution in [2.24, 2.45) is 5.92 Å². The number of aromatic nitrogens is 1. The Hall–Kier alpha value is -1.75. The third-order valence-corrected chi connectivity index (χ3v) is 3.81. The van der Waals surface area contributed by atoms with Crippen LogP contribution in [0.3, 0.4) is 0 Å². The van der Waals surface area contributed by atoms with E-state index < -0.39 is 0 Å². The average Bonchev–Trinajstić information content (AvgIpc) is 3.19. The maximum absolute atomic E-state index is 13.2. The number of anilines is 1. The van der Waals surface area contributed by atoms with E-state index >= 15 is 0 Å². The van der Waals surface area contributed by atoms with Gasteiger partial charge in [0.2, 0.25) is 5.91 Å². The molecule has 0 spiro atoms. The van der Waals surface area contributed by atoms with E-state index in [1.165, 1.54) is 12.1 Å². The Bertz CT molecular complexity index is 662. The molecule has 1 amide bonds. The molecule has 0 bridgehead atoms. The first kappa shape index (κ1) is 13.2. The third-order valence-electron chi connectivity index (χ3n) is 3.37. The van der Waals surface area contributed by atoms with Gasteiger partial charge in [0.1, 0.15) is 16.2 Å². The zero-order valence-corrected chi connectivity index (χ0v) is 12.1. The Morgan fingerprint density at radius 3 is 2.85 bits per heavy atom. The lowest BCUT2D eigenvalue weighted by molar-refractivity contribution is -0.117. The fraction of sp³-hybridized carbons (Fsp3) is 0.200. The number of hydrogen-bond donors (Lipinski definition) is 1. The summed E-state index contributed by atoms with van der Waals surface area (Å²) in [5.41, 5.74) is 0.882. The van der Waals surface area contributed by atoms with Gasteiger partial charge in [0.25, 0.3) is 0 Å². The van der Waals surface area contributed by atoms with Gasteiger partial charge >= 0.3 is 0 Å². The number of nitrogens with zero attached hydrogens (tertiary/aromatic N) is 1. The van der Waals surface area contributed by atoms with Gasteiger partial charge in [-0.3, -0.25) is 4.79 Å². The van der Waals surface area contributed by atoms with Crippen LogP contribution in [0.15, 0.2) is 47.1 Å². The number of benzene rings is 1. The summed E-state index contributed by atoms with van der Waals surface area (Å²) in [6.07, 6.45) is 0.753. The van der Waals surface area contributed by atoms with Crippen molar-refractivity contribution in [3.8, 4) is 0 Å². The van der Waals surface area contributed by atoms with Crippen molar-refractivity contribution in [2.75, 3.05) is 5.32 Å². The predicted molar refractivity (Wildman–Crippen MR) is 77.8 cm³/mol. The van der Waals surface area contributed by atoms with Gasteiger partial charge in [0.15, 0.2) is 0 Å². The van der Waals surface area contributed by atoms with Crippen LogP contribution in [0.25, 0.3) is 0 Å². The molecule has 3 nitrogen and oxygen atoms in total. The zero-order chi connectivity index (χ0) is 14.1. The fourth-order valence-electron chi connectivity index (χ4n) is 2.29. The van der Waals surface area contributed by atoms with Gasteiger partial charge < -0.3 is 5.32 Å². The summed E-state index contributed by atoms with van der Waals surface area (Å²) in [4.78, 5) is 16.3. The highest BCUT2D eigenvalue weighted by molar-refractivity contribution is 9.10. The van der Waals surface area contributed by atoms with Crippen LogP contribution in [0.1, 0.15) is 17.9 Å². The molecule has 2 aromatic rings. The lowest BCUT2D eigenvalue weighted by Gasteiger charge is -2.04. The molecule has 5 heteroatoms. The van der Waals surface area contributed by atoms with E-state index in [4.69, 9.17) is 0 Å². The molecule has 3 rings (SSSR count). The van der Waals surface area contributed by atoms with Gasteiger partial charge in [-0.1, -0.05) is 18.2 Å². The van der Waals surface area contributed by atoms with Crippen LogP contribution >= 0.6 is 15.9 Å². The highest BCUT2D eigenvalue weighted by atomic mass is 79.9. The second-order valence-corrected chi connectivity index (χ2v) is 5.65. The van der Waals surface area contributed by atoms with Crippen molar-refractivity contribution in [1.82, 2.24) is 4.98 Å². The molecule has 0 aliphatic heterocycles. The van der Waals surface area contributed by atoms with Crippen LogP contribution in [0.5, 0.6) is 0 Å². The van der Waals surface area contributed by atoms with Crippen LogP contribution in [0.2, 0.25) is 0 Å². The smallest absolute Gasteiger partial charge is 0.229 e. The highest BCUT2D eigenvalue weighted by Crippen LogP contribution is 2.48. The van der Waals surface area contributed by atoms with Crippen LogP contribution in [-0.2, 0) is 4.79 Å². The van der Waals surface area contributed by atoms with E-state index in [1.807, 2.05) is 12.1 Å². The minimum Gasteiger partial charge on any atom is -0.310 e. The molecule has 20 heavy (non-hydrogen) atoms. The molecule has 1 heterocycles. The Balaban J connectivity index is 1.66. The van der Waals surface area contributed by atoms with E-state index in [0.717, 1.165) is 12.0 Å². The molecule has 0 unspecified atom stereocenters. The Morgan fingerprint density at radius 1 is 1.30 bits per heavy atom. The molecule has 1 N–H and O–H groups in total. The molecule has 0 saturated heterocycles. The molecule has 1 fully saturated rings. The number of pyridine rings is 1. The van der Waals surface area contributed by atoms with Gasteiger partial charge in [0.05, 0.1) is 0 Å². The zero-order valence-electron chi connectivity index (χ0n) is 10.5. The van der Waals surface area contributed by atoms with Gasteiger partial charge in [-0.05, 0) is 58.1 Å². The largest absolute Gasteiger partial charge is 0.310 e. The summed E-state index contributed by atoms with van der Waals surface area (Å²) >= 11 is 3.26. The van der Waals surface area contributed by atoms with Gasteiger partial charge in [-0.2, -0.15) is 0 Å². The third kappa shape index (κ3) is 2.88. The standard InChI is InChI=1S/C15H12BrFN2O/c16-13-5-2-6-14(18-13)19-15(20)12-8-11(12)9-3-1-4-10(17)7-9/h1-7,11-12H,8H2,(H,18,19,20)/t11-,12-/m0/s1. The lowest BCUT2D eigenvalue weighted by atomic mass is 10.1. The minimum atomic E-state index is -0.262. The van der Waals surface area contributed by atoms with Crippen LogP contribution in [0, 0.1) is 11.7 Å². The molecule has 1 aliphatic rings. The molecule has 1 aromatic carbocycles. The van der Waals surface area contributed by atoms with Crippen molar-refractivity contribution < 1.29 is 9.18 Å². The quantitative estimate of drug-likeness (QED) is 0.869. The number of nitrogens with one attached hydrogen (secondary N) is 1. The molecule has 1 aromatic heterocycles. The maximum Gasteiger partial charge on any atom is 0.229 e. The summed E-state index contributed by atoms with van der Waals surface area (Å²) in [5, 5.41) is 2.79. The van der Waals surface area contributed by atoms with E-state index in [2.05, 4.69) is 26.2 Å². The molecular weight excluding hydrogens is 323 g/mol. The monoisotopic (exact) mass is 334 g/mol. The highest BCUT2D eigenvalue weighted by Gasteiger charge is 2.44. The number of amides is 1. The molecule has 1 saturated carbocycles. The van der Waals surface area contributed by atoms with Crippen molar-refractivity contribution in [3.63, 3.8) is 0 Å². The summed E-state index contributed by atoms with van der Waals surface area (Å²) in [7, 11) is 0. The Labute approximate surface area is 124 Å². The van der Waals surface area contributed by atoms with Crippen molar-refractivity contribution in [1.29, 1.82) is 0 Å². The van der Waals surface area contributed by atoms with Crippen molar-refractivity contribution >= 4 is 27.7 Å². The second kappa shape index (κ2) is 5.32. The topological polar surface area (TPSA) is 42.0 Å². The summed E-state index contributed by atoms with van der Waals surface area (Å²) in [6.45, 7) is 0. The summed E-state index contributed by atoms with van der Waals surface area (Å²) in [6, 6.07) is 11.8. The second-order valence-electron chi connectivity index (χ2n) is 4.84. The predicted octanol–water partition coefficient (Wildman–Crippen LogP) is 3.73. The number of hydrogen-bond acceptors (Lipinski definition) is 2. The van der Waals surface area contributed by atoms with Gasteiger partial charge in [-0.15, -0.1) is 0 Å². The molecule has 0 radical (unpaired) electrons. The normalized spacial score (nSPS) is 20.5. The van der Waals surface area contributed by atoms with Crippen molar-refractivity contribution in [2.45, 2.75) is 12.3 Å². The van der Waals surface area contributed by atoms with Crippen molar-refractivity contribution in [3.05, 3.63) is 58.4 Å². The van der Waals surface area contributed by atoms with E-state index in [1.54, 1.807) is 18.2 Å². The first-order chi connectivity index (χ1) is 9.63. The van der Waals surface area contributed by atoms with Gasteiger partial charge in [0, 0.05) is 5.92 Å². The van der Waals surface area contributed by atoms with Gasteiger partial charge in [-0.25, -0.2) is 9.37 Å². The van der Waals surface area contributed by atoms with E-state index in [-0.39, 0.29) is 23.6 Å². The van der Waals surface area contributed by atoms with Crippen LogP contribution in [0.4, 0.5) is 10.2 Å². The molecule has 1 aliphatic carbocycles. The number of carbonyl (C=O) groups excluding carboxylic acids is 1. The first-order valence-electron chi connectivity index (χ1n) is 6.32. The fourth-order valence-corrected chi connectivity index (χ4v) is 2.63. The average molecular weight is 335 g/mol. The van der Waals surface area contributed by atoms with E-state index in [9.17, 15) is 9.18 Å². The number of halogens is 2. The molecule has 102 valence electrons.